The van der Waals surface area contributed by atoms with Crippen molar-refractivity contribution in [3.8, 4) is 11.5 Å². The molecule has 0 spiro atoms. The van der Waals surface area contributed by atoms with Crippen molar-refractivity contribution in [1.29, 1.82) is 0 Å². The van der Waals surface area contributed by atoms with E-state index in [1.165, 1.54) is 0 Å². The van der Waals surface area contributed by atoms with Gasteiger partial charge in [-0.3, -0.25) is 5.10 Å². The molecule has 15 heavy (non-hydrogen) atoms. The molecule has 0 aliphatic rings. The first-order valence-electron chi connectivity index (χ1n) is 4.00. The number of hydrogen-bond acceptors (Lipinski definition) is 4. The van der Waals surface area contributed by atoms with Crippen LogP contribution in [0.15, 0.2) is 10.7 Å². The maximum Gasteiger partial charge on any atom is 0.343 e. The van der Waals surface area contributed by atoms with Crippen molar-refractivity contribution < 1.29 is 14.4 Å². The highest BCUT2D eigenvalue weighted by Crippen LogP contribution is 2.29. The van der Waals surface area contributed by atoms with Crippen molar-refractivity contribution in [2.45, 2.75) is 6.92 Å². The molecule has 0 atom stereocenters. The third kappa shape index (κ3) is 1.48. The summed E-state index contributed by atoms with van der Waals surface area (Å²) in [4.78, 5) is 10.9. The zero-order chi connectivity index (χ0) is 11.0. The maximum atomic E-state index is 10.9. The lowest BCUT2D eigenvalue weighted by molar-refractivity contribution is 0.0697. The van der Waals surface area contributed by atoms with E-state index in [4.69, 9.17) is 21.2 Å². The molecule has 0 fully saturated rings. The highest BCUT2D eigenvalue weighted by molar-refractivity contribution is 6.32. The van der Waals surface area contributed by atoms with E-state index in [1.807, 2.05) is 0 Å². The van der Waals surface area contributed by atoms with E-state index in [0.717, 1.165) is 5.56 Å². The molecule has 0 unspecified atom stereocenters. The number of nitrogens with one attached hydrogen (secondary N) is 1. The van der Waals surface area contributed by atoms with Gasteiger partial charge in [-0.15, -0.1) is 0 Å². The molecule has 0 aliphatic carbocycles. The summed E-state index contributed by atoms with van der Waals surface area (Å²) in [5, 5.41) is 18.5. The number of rotatable bonds is 2. The van der Waals surface area contributed by atoms with Gasteiger partial charge in [-0.25, -0.2) is 4.79 Å². The predicted molar refractivity (Wildman–Crippen MR) is 50.8 cm³/mol. The molecule has 7 heteroatoms. The molecule has 0 amide bonds. The quantitative estimate of drug-likeness (QED) is 0.815. The van der Waals surface area contributed by atoms with Crippen LogP contribution in [0.4, 0.5) is 0 Å². The van der Waals surface area contributed by atoms with Gasteiger partial charge in [-0.1, -0.05) is 16.8 Å². The van der Waals surface area contributed by atoms with E-state index in [1.54, 1.807) is 13.1 Å². The summed E-state index contributed by atoms with van der Waals surface area (Å²) in [6, 6.07) is 0. The minimum atomic E-state index is -1.19. The molecule has 2 rings (SSSR count). The molecular formula is C8H6ClN3O3. The molecule has 2 N–H and O–H groups in total. The van der Waals surface area contributed by atoms with Crippen LogP contribution in [0, 0.1) is 6.92 Å². The minimum Gasteiger partial charge on any atom is -0.477 e. The molecule has 2 aromatic rings. The van der Waals surface area contributed by atoms with Crippen LogP contribution >= 0.6 is 11.6 Å². The standard InChI is InChI=1S/C8H6ClN3O3/c1-3-2-10-11-5(3)6-4(8(13)14)7(9)12-15-6/h2H,1H3,(H,10,11)(H,13,14). The number of carboxylic acids is 1. The lowest BCUT2D eigenvalue weighted by Gasteiger charge is -1.94. The van der Waals surface area contributed by atoms with E-state index >= 15 is 0 Å². The number of aromatic nitrogens is 3. The van der Waals surface area contributed by atoms with Crippen molar-refractivity contribution >= 4 is 17.6 Å². The van der Waals surface area contributed by atoms with Crippen LogP contribution in [0.2, 0.25) is 5.15 Å². The monoisotopic (exact) mass is 227 g/mol. The molecule has 6 nitrogen and oxygen atoms in total. The van der Waals surface area contributed by atoms with E-state index in [9.17, 15) is 4.79 Å². The van der Waals surface area contributed by atoms with Crippen molar-refractivity contribution in [2.75, 3.05) is 0 Å². The first-order chi connectivity index (χ1) is 7.11. The van der Waals surface area contributed by atoms with Gasteiger partial charge in [-0.05, 0) is 12.5 Å². The van der Waals surface area contributed by atoms with Crippen LogP contribution < -0.4 is 0 Å². The molecule has 2 heterocycles. The molecule has 0 saturated carbocycles. The van der Waals surface area contributed by atoms with E-state index in [2.05, 4.69) is 15.4 Å². The van der Waals surface area contributed by atoms with Gasteiger partial charge < -0.3 is 9.63 Å². The van der Waals surface area contributed by atoms with E-state index in [0.29, 0.717) is 5.69 Å². The number of aromatic amines is 1. The fourth-order valence-electron chi connectivity index (χ4n) is 1.20. The topological polar surface area (TPSA) is 92.0 Å². The van der Waals surface area contributed by atoms with Crippen molar-refractivity contribution in [3.05, 3.63) is 22.5 Å². The molecule has 0 saturated heterocycles. The number of carboxylic acid groups (broad SMARTS) is 1. The molecule has 0 aromatic carbocycles. The lowest BCUT2D eigenvalue weighted by atomic mass is 10.1. The van der Waals surface area contributed by atoms with Gasteiger partial charge in [0.05, 0.1) is 6.20 Å². The maximum absolute atomic E-state index is 10.9. The second-order valence-electron chi connectivity index (χ2n) is 2.91. The molecular weight excluding hydrogens is 222 g/mol. The average Bonchev–Trinajstić information content (AvgIpc) is 2.71. The van der Waals surface area contributed by atoms with Gasteiger partial charge in [0.15, 0.2) is 5.15 Å². The Hall–Kier alpha value is -1.82. The molecule has 0 bridgehead atoms. The Labute approximate surface area is 88.8 Å². The van der Waals surface area contributed by atoms with E-state index < -0.39 is 5.97 Å². The average molecular weight is 228 g/mol. The largest absolute Gasteiger partial charge is 0.477 e. The third-order valence-electron chi connectivity index (χ3n) is 1.92. The predicted octanol–water partition coefficient (Wildman–Crippen LogP) is 1.72. The van der Waals surface area contributed by atoms with Crippen molar-refractivity contribution in [3.63, 3.8) is 0 Å². The van der Waals surface area contributed by atoms with Gasteiger partial charge in [0.25, 0.3) is 0 Å². The molecule has 2 aromatic heterocycles. The normalized spacial score (nSPS) is 10.5. The summed E-state index contributed by atoms with van der Waals surface area (Å²) < 4.78 is 4.85. The smallest absolute Gasteiger partial charge is 0.343 e. The first-order valence-corrected chi connectivity index (χ1v) is 4.38. The Balaban J connectivity index is 2.64. The van der Waals surface area contributed by atoms with Crippen molar-refractivity contribution in [2.24, 2.45) is 0 Å². The van der Waals surface area contributed by atoms with Gasteiger partial charge in [-0.2, -0.15) is 5.10 Å². The Morgan fingerprint density at radius 3 is 2.93 bits per heavy atom. The van der Waals surface area contributed by atoms with Crippen LogP contribution in [0.5, 0.6) is 0 Å². The second kappa shape index (κ2) is 3.39. The summed E-state index contributed by atoms with van der Waals surface area (Å²) in [7, 11) is 0. The van der Waals surface area contributed by atoms with Crippen LogP contribution in [0.3, 0.4) is 0 Å². The molecule has 0 radical (unpaired) electrons. The number of H-pyrrole nitrogens is 1. The van der Waals surface area contributed by atoms with Crippen LogP contribution in [0.1, 0.15) is 15.9 Å². The fourth-order valence-corrected chi connectivity index (χ4v) is 1.40. The number of aromatic carboxylic acids is 1. The highest BCUT2D eigenvalue weighted by Gasteiger charge is 2.24. The zero-order valence-electron chi connectivity index (χ0n) is 7.61. The van der Waals surface area contributed by atoms with Crippen LogP contribution in [-0.4, -0.2) is 26.4 Å². The summed E-state index contributed by atoms with van der Waals surface area (Å²) >= 11 is 5.59. The van der Waals surface area contributed by atoms with Gasteiger partial charge in [0, 0.05) is 0 Å². The zero-order valence-corrected chi connectivity index (χ0v) is 8.37. The van der Waals surface area contributed by atoms with E-state index in [-0.39, 0.29) is 16.5 Å². The number of aryl methyl sites for hydroxylation is 1. The minimum absolute atomic E-state index is 0.0856. The summed E-state index contributed by atoms with van der Waals surface area (Å²) in [6.45, 7) is 1.76. The summed E-state index contributed by atoms with van der Waals surface area (Å²) in [5.41, 5.74) is 1.06. The summed E-state index contributed by atoms with van der Waals surface area (Å²) in [6.07, 6.45) is 1.55. The number of hydrogen-bond donors (Lipinski definition) is 2. The third-order valence-corrected chi connectivity index (χ3v) is 2.18. The number of nitrogens with zero attached hydrogens (tertiary/aromatic N) is 2. The Kier molecular flexibility index (Phi) is 2.20. The van der Waals surface area contributed by atoms with Gasteiger partial charge in [0.1, 0.15) is 11.3 Å². The Bertz CT molecular complexity index is 517. The van der Waals surface area contributed by atoms with Gasteiger partial charge >= 0.3 is 5.97 Å². The SMILES string of the molecule is Cc1cn[nH]c1-c1onc(Cl)c1C(=O)O. The fraction of sp³-hybridized carbons (Fsp3) is 0.125. The summed E-state index contributed by atoms with van der Waals surface area (Å²) in [5.74, 6) is -1.10. The highest BCUT2D eigenvalue weighted by atomic mass is 35.5. The van der Waals surface area contributed by atoms with Crippen LogP contribution in [0.25, 0.3) is 11.5 Å². The first kappa shape index (κ1) is 9.72. The van der Waals surface area contributed by atoms with Crippen molar-refractivity contribution in [1.82, 2.24) is 15.4 Å². The van der Waals surface area contributed by atoms with Gasteiger partial charge in [0.2, 0.25) is 5.76 Å². The molecule has 0 aliphatic heterocycles. The number of halogens is 1. The molecule has 78 valence electrons. The van der Waals surface area contributed by atoms with Crippen LogP contribution in [-0.2, 0) is 0 Å². The Morgan fingerprint density at radius 2 is 2.40 bits per heavy atom. The second-order valence-corrected chi connectivity index (χ2v) is 3.27. The number of carbonyl (C=O) groups is 1. The Morgan fingerprint density at radius 1 is 1.67 bits per heavy atom. The lowest BCUT2D eigenvalue weighted by Crippen LogP contribution is -1.98.